The third kappa shape index (κ3) is 4.07. The Morgan fingerprint density at radius 2 is 1.65 bits per heavy atom. The van der Waals surface area contributed by atoms with E-state index in [1.165, 1.54) is 11.1 Å². The van der Waals surface area contributed by atoms with E-state index in [0.29, 0.717) is 5.92 Å². The van der Waals surface area contributed by atoms with Crippen molar-refractivity contribution in [1.82, 2.24) is 0 Å². The Hall–Kier alpha value is -1.56. The topological polar surface area (TPSA) is 0 Å². The third-order valence-electron chi connectivity index (χ3n) is 2.76. The Balaban J connectivity index is 0.000000686. The molecule has 1 aliphatic carbocycles. The molecule has 0 saturated heterocycles. The number of allylic oxidation sites excluding steroid dienone is 6. The predicted molar refractivity (Wildman–Crippen MR) is 77.8 cm³/mol. The van der Waals surface area contributed by atoms with Gasteiger partial charge < -0.3 is 0 Å². The van der Waals surface area contributed by atoms with Gasteiger partial charge in [0.1, 0.15) is 0 Å². The Morgan fingerprint density at radius 3 is 2.35 bits per heavy atom. The summed E-state index contributed by atoms with van der Waals surface area (Å²) in [4.78, 5) is 0. The van der Waals surface area contributed by atoms with Crippen molar-refractivity contribution in [3.63, 3.8) is 0 Å². The summed E-state index contributed by atoms with van der Waals surface area (Å²) in [6.45, 7) is 6.28. The zero-order chi connectivity index (χ0) is 12.5. The molecule has 0 bridgehead atoms. The third-order valence-corrected chi connectivity index (χ3v) is 2.76. The van der Waals surface area contributed by atoms with Crippen LogP contribution in [0.15, 0.2) is 60.7 Å². The van der Waals surface area contributed by atoms with E-state index < -0.39 is 0 Å². The molecule has 0 amide bonds. The van der Waals surface area contributed by atoms with Crippen LogP contribution in [0.4, 0.5) is 0 Å². The molecule has 0 heteroatoms. The maximum atomic E-state index is 2.28. The summed E-state index contributed by atoms with van der Waals surface area (Å²) in [5.74, 6) is 0.591. The van der Waals surface area contributed by atoms with Crippen LogP contribution in [-0.4, -0.2) is 0 Å². The van der Waals surface area contributed by atoms with E-state index in [-0.39, 0.29) is 0 Å². The molecule has 1 aliphatic rings. The molecule has 1 aromatic carbocycles. The molecule has 0 aliphatic heterocycles. The maximum absolute atomic E-state index is 2.28. The summed E-state index contributed by atoms with van der Waals surface area (Å²) in [6, 6.07) is 10.6. The number of hydrogen-bond donors (Lipinski definition) is 0. The van der Waals surface area contributed by atoms with Crippen LogP contribution in [0, 0.1) is 5.92 Å². The Morgan fingerprint density at radius 1 is 0.941 bits per heavy atom. The van der Waals surface area contributed by atoms with Crippen LogP contribution in [0.25, 0.3) is 5.57 Å². The largest absolute Gasteiger partial charge is 0.0839 e. The predicted octanol–water partition coefficient (Wildman–Crippen LogP) is 5.25. The highest BCUT2D eigenvalue weighted by atomic mass is 14.1. The van der Waals surface area contributed by atoms with Crippen molar-refractivity contribution >= 4 is 5.57 Å². The average Bonchev–Trinajstić information content (AvgIpc) is 2.38. The fourth-order valence-corrected chi connectivity index (χ4v) is 1.89. The molecule has 17 heavy (non-hydrogen) atoms. The van der Waals surface area contributed by atoms with Crippen molar-refractivity contribution in [2.24, 2.45) is 5.92 Å². The second-order valence-electron chi connectivity index (χ2n) is 3.94. The monoisotopic (exact) mass is 226 g/mol. The molecular weight excluding hydrogens is 204 g/mol. The van der Waals surface area contributed by atoms with Gasteiger partial charge in [0, 0.05) is 0 Å². The van der Waals surface area contributed by atoms with Crippen molar-refractivity contribution in [2.75, 3.05) is 0 Å². The van der Waals surface area contributed by atoms with Crippen LogP contribution in [0.5, 0.6) is 0 Å². The van der Waals surface area contributed by atoms with Gasteiger partial charge in [-0.3, -0.25) is 0 Å². The van der Waals surface area contributed by atoms with Crippen LogP contribution >= 0.6 is 0 Å². The van der Waals surface area contributed by atoms with Crippen molar-refractivity contribution in [1.29, 1.82) is 0 Å². The highest BCUT2D eigenvalue weighted by Gasteiger charge is 2.09. The van der Waals surface area contributed by atoms with Gasteiger partial charge in [-0.25, -0.2) is 0 Å². The summed E-state index contributed by atoms with van der Waals surface area (Å²) < 4.78 is 0. The molecular formula is C17H22. The maximum Gasteiger partial charge on any atom is -0.0150 e. The van der Waals surface area contributed by atoms with Crippen LogP contribution in [0.2, 0.25) is 0 Å². The first kappa shape index (κ1) is 13.5. The lowest BCUT2D eigenvalue weighted by atomic mass is 9.90. The number of benzene rings is 1. The summed E-state index contributed by atoms with van der Waals surface area (Å²) in [6.07, 6.45) is 11.9. The van der Waals surface area contributed by atoms with Crippen molar-refractivity contribution in [3.8, 4) is 0 Å². The molecule has 0 nitrogen and oxygen atoms in total. The molecule has 2 rings (SSSR count). The molecule has 0 spiro atoms. The van der Waals surface area contributed by atoms with Gasteiger partial charge in [0.05, 0.1) is 0 Å². The normalized spacial score (nSPS) is 25.4. The molecule has 0 saturated carbocycles. The van der Waals surface area contributed by atoms with Crippen molar-refractivity contribution < 1.29 is 0 Å². The van der Waals surface area contributed by atoms with E-state index in [2.05, 4.69) is 67.6 Å². The van der Waals surface area contributed by atoms with E-state index in [1.54, 1.807) is 0 Å². The molecule has 1 atom stereocenters. The average molecular weight is 226 g/mol. The van der Waals surface area contributed by atoms with Gasteiger partial charge >= 0.3 is 0 Å². The van der Waals surface area contributed by atoms with Gasteiger partial charge in [0.2, 0.25) is 0 Å². The zero-order valence-electron chi connectivity index (χ0n) is 11.1. The smallest absolute Gasteiger partial charge is 0.0150 e. The molecule has 0 aromatic heterocycles. The fourth-order valence-electron chi connectivity index (χ4n) is 1.89. The first-order valence-corrected chi connectivity index (χ1v) is 6.47. The fraction of sp³-hybridized carbons (Fsp3) is 0.294. The van der Waals surface area contributed by atoms with Crippen molar-refractivity contribution in [3.05, 3.63) is 66.3 Å². The molecule has 0 radical (unpaired) electrons. The number of hydrogen-bond acceptors (Lipinski definition) is 0. The SMILES string of the molecule is CC.CC1C/C=C/C=C\C=C/1c1ccccc1. The second kappa shape index (κ2) is 7.67. The minimum Gasteiger partial charge on any atom is -0.0839 e. The Bertz CT molecular complexity index is 393. The van der Waals surface area contributed by atoms with Gasteiger partial charge in [-0.2, -0.15) is 0 Å². The van der Waals surface area contributed by atoms with E-state index in [9.17, 15) is 0 Å². The molecule has 1 aromatic rings. The molecule has 0 N–H and O–H groups in total. The van der Waals surface area contributed by atoms with Gasteiger partial charge in [0.25, 0.3) is 0 Å². The number of rotatable bonds is 1. The van der Waals surface area contributed by atoms with Crippen LogP contribution < -0.4 is 0 Å². The minimum absolute atomic E-state index is 0.591. The van der Waals surface area contributed by atoms with Crippen LogP contribution in [-0.2, 0) is 0 Å². The summed E-state index contributed by atoms with van der Waals surface area (Å²) >= 11 is 0. The van der Waals surface area contributed by atoms with E-state index in [0.717, 1.165) is 6.42 Å². The summed E-state index contributed by atoms with van der Waals surface area (Å²) in [5.41, 5.74) is 2.76. The highest BCUT2D eigenvalue weighted by molar-refractivity contribution is 5.69. The lowest BCUT2D eigenvalue weighted by Gasteiger charge is -2.15. The molecule has 1 unspecified atom stereocenters. The van der Waals surface area contributed by atoms with Crippen molar-refractivity contribution in [2.45, 2.75) is 27.2 Å². The van der Waals surface area contributed by atoms with E-state index in [1.807, 2.05) is 13.8 Å². The Kier molecular flexibility index (Phi) is 6.09. The van der Waals surface area contributed by atoms with Gasteiger partial charge in [-0.05, 0) is 23.5 Å². The van der Waals surface area contributed by atoms with Gasteiger partial charge in [-0.15, -0.1) is 0 Å². The van der Waals surface area contributed by atoms with Crippen LogP contribution in [0.1, 0.15) is 32.8 Å². The summed E-state index contributed by atoms with van der Waals surface area (Å²) in [7, 11) is 0. The standard InChI is InChI=1S/C15H16.C2H6/c1-13-9-5-2-3-8-12-15(13)14-10-6-4-7-11-14;1-2/h2-8,10-13H,9H2,1H3;1-2H3/b5-2+,8-3-,15-12+;. The zero-order valence-corrected chi connectivity index (χ0v) is 11.1. The van der Waals surface area contributed by atoms with E-state index >= 15 is 0 Å². The van der Waals surface area contributed by atoms with Gasteiger partial charge in [-0.1, -0.05) is 81.5 Å². The van der Waals surface area contributed by atoms with Gasteiger partial charge in [0.15, 0.2) is 0 Å². The Labute approximate surface area is 105 Å². The molecule has 0 heterocycles. The minimum atomic E-state index is 0.591. The lowest BCUT2D eigenvalue weighted by Crippen LogP contribution is -1.98. The lowest BCUT2D eigenvalue weighted by molar-refractivity contribution is 0.765. The van der Waals surface area contributed by atoms with E-state index in [4.69, 9.17) is 0 Å². The highest BCUT2D eigenvalue weighted by Crippen LogP contribution is 2.26. The quantitative estimate of drug-likeness (QED) is 0.613. The first-order chi connectivity index (χ1) is 8.38. The molecule has 90 valence electrons. The van der Waals surface area contributed by atoms with Crippen LogP contribution in [0.3, 0.4) is 0 Å². The summed E-state index contributed by atoms with van der Waals surface area (Å²) in [5, 5.41) is 0. The first-order valence-electron chi connectivity index (χ1n) is 6.47. The molecule has 0 fully saturated rings. The second-order valence-corrected chi connectivity index (χ2v) is 3.94.